The molecule has 0 radical (unpaired) electrons. The molecule has 1 fully saturated rings. The topological polar surface area (TPSA) is 41.6 Å². The molecule has 2 rings (SSSR count). The second-order valence-corrected chi connectivity index (χ2v) is 5.99. The monoisotopic (exact) mass is 300 g/mol. The number of amides is 1. The molecule has 4 heteroatoms. The van der Waals surface area contributed by atoms with Gasteiger partial charge < -0.3 is 4.74 Å². The van der Waals surface area contributed by atoms with E-state index in [4.69, 9.17) is 11.2 Å². The maximum atomic E-state index is 11.9. The van der Waals surface area contributed by atoms with Crippen LogP contribution in [0.15, 0.2) is 24.3 Å². The lowest BCUT2D eigenvalue weighted by Gasteiger charge is -2.30. The second-order valence-electron chi connectivity index (χ2n) is 5.99. The SMILES string of the molecule is C#CCN1CCC(OC(=O)Nc2ccc(C(C)C)cc2)CC1. The highest BCUT2D eigenvalue weighted by atomic mass is 16.6. The van der Waals surface area contributed by atoms with Gasteiger partial charge in [0, 0.05) is 18.8 Å². The second kappa shape index (κ2) is 7.86. The molecule has 0 atom stereocenters. The molecule has 0 aliphatic carbocycles. The van der Waals surface area contributed by atoms with E-state index in [1.807, 2.05) is 24.3 Å². The van der Waals surface area contributed by atoms with Gasteiger partial charge in [0.25, 0.3) is 0 Å². The summed E-state index contributed by atoms with van der Waals surface area (Å²) in [4.78, 5) is 14.1. The van der Waals surface area contributed by atoms with Gasteiger partial charge in [0.15, 0.2) is 0 Å². The van der Waals surface area contributed by atoms with Crippen molar-refractivity contribution in [2.75, 3.05) is 25.0 Å². The van der Waals surface area contributed by atoms with E-state index in [-0.39, 0.29) is 12.2 Å². The summed E-state index contributed by atoms with van der Waals surface area (Å²) in [6, 6.07) is 7.87. The van der Waals surface area contributed by atoms with Crippen molar-refractivity contribution in [3.63, 3.8) is 0 Å². The molecule has 1 aromatic rings. The van der Waals surface area contributed by atoms with Crippen LogP contribution in [0, 0.1) is 12.3 Å². The van der Waals surface area contributed by atoms with Gasteiger partial charge in [-0.25, -0.2) is 4.79 Å². The zero-order valence-corrected chi connectivity index (χ0v) is 13.3. The van der Waals surface area contributed by atoms with Crippen molar-refractivity contribution in [3.05, 3.63) is 29.8 Å². The first-order valence-corrected chi connectivity index (χ1v) is 7.82. The maximum Gasteiger partial charge on any atom is 0.411 e. The van der Waals surface area contributed by atoms with Gasteiger partial charge in [0.05, 0.1) is 6.54 Å². The van der Waals surface area contributed by atoms with E-state index >= 15 is 0 Å². The van der Waals surface area contributed by atoms with E-state index in [1.54, 1.807) is 0 Å². The van der Waals surface area contributed by atoms with Crippen molar-refractivity contribution in [3.8, 4) is 12.3 Å². The number of terminal acetylenes is 1. The fourth-order valence-corrected chi connectivity index (χ4v) is 2.56. The smallest absolute Gasteiger partial charge is 0.411 e. The zero-order chi connectivity index (χ0) is 15.9. The van der Waals surface area contributed by atoms with E-state index in [2.05, 4.69) is 30.0 Å². The summed E-state index contributed by atoms with van der Waals surface area (Å²) in [7, 11) is 0. The average molecular weight is 300 g/mol. The van der Waals surface area contributed by atoms with Crippen molar-refractivity contribution in [1.82, 2.24) is 4.90 Å². The summed E-state index contributed by atoms with van der Waals surface area (Å²) >= 11 is 0. The van der Waals surface area contributed by atoms with Crippen LogP contribution < -0.4 is 5.32 Å². The van der Waals surface area contributed by atoms with Crippen LogP contribution in [0.25, 0.3) is 0 Å². The van der Waals surface area contributed by atoms with Crippen LogP contribution in [0.4, 0.5) is 10.5 Å². The number of carbonyl (C=O) groups excluding carboxylic acids is 1. The van der Waals surface area contributed by atoms with Crippen LogP contribution in [-0.2, 0) is 4.74 Å². The first-order valence-electron chi connectivity index (χ1n) is 7.82. The minimum atomic E-state index is -0.382. The summed E-state index contributed by atoms with van der Waals surface area (Å²) in [6.45, 7) is 6.71. The van der Waals surface area contributed by atoms with Crippen LogP contribution in [0.1, 0.15) is 38.2 Å². The van der Waals surface area contributed by atoms with E-state index in [9.17, 15) is 4.79 Å². The summed E-state index contributed by atoms with van der Waals surface area (Å²) in [5.41, 5.74) is 2.01. The van der Waals surface area contributed by atoms with Crippen molar-refractivity contribution < 1.29 is 9.53 Å². The van der Waals surface area contributed by atoms with Gasteiger partial charge in [-0.2, -0.15) is 0 Å². The Kier molecular flexibility index (Phi) is 5.85. The highest BCUT2D eigenvalue weighted by molar-refractivity contribution is 5.84. The Labute approximate surface area is 132 Å². The van der Waals surface area contributed by atoms with E-state index in [0.717, 1.165) is 31.6 Å². The molecule has 1 saturated heterocycles. The number of nitrogens with zero attached hydrogens (tertiary/aromatic N) is 1. The number of piperidine rings is 1. The molecule has 118 valence electrons. The molecular weight excluding hydrogens is 276 g/mol. The predicted molar refractivity (Wildman–Crippen MR) is 88.9 cm³/mol. The Morgan fingerprint density at radius 3 is 2.55 bits per heavy atom. The van der Waals surface area contributed by atoms with Gasteiger partial charge in [-0.1, -0.05) is 31.9 Å². The predicted octanol–water partition coefficient (Wildman–Crippen LogP) is 3.46. The largest absolute Gasteiger partial charge is 0.446 e. The third-order valence-electron chi connectivity index (χ3n) is 3.95. The number of hydrogen-bond acceptors (Lipinski definition) is 3. The summed E-state index contributed by atoms with van der Waals surface area (Å²) in [5, 5.41) is 2.78. The van der Waals surface area contributed by atoms with Gasteiger partial charge in [0.1, 0.15) is 6.10 Å². The van der Waals surface area contributed by atoms with Gasteiger partial charge in [-0.15, -0.1) is 6.42 Å². The van der Waals surface area contributed by atoms with Crippen LogP contribution in [0.2, 0.25) is 0 Å². The van der Waals surface area contributed by atoms with Crippen LogP contribution in [-0.4, -0.2) is 36.7 Å². The molecular formula is C18H24N2O2. The normalized spacial score (nSPS) is 16.3. The van der Waals surface area contributed by atoms with Crippen LogP contribution in [0.3, 0.4) is 0 Å². The zero-order valence-electron chi connectivity index (χ0n) is 13.3. The lowest BCUT2D eigenvalue weighted by Crippen LogP contribution is -2.38. The average Bonchev–Trinajstić information content (AvgIpc) is 2.50. The number of rotatable bonds is 4. The molecule has 0 bridgehead atoms. The number of likely N-dealkylation sites (tertiary alicyclic amines) is 1. The number of ether oxygens (including phenoxy) is 1. The molecule has 1 amide bonds. The Bertz CT molecular complexity index is 523. The fourth-order valence-electron chi connectivity index (χ4n) is 2.56. The number of carbonyl (C=O) groups is 1. The van der Waals surface area contributed by atoms with Gasteiger partial charge in [-0.05, 0) is 36.5 Å². The van der Waals surface area contributed by atoms with Crippen LogP contribution in [0.5, 0.6) is 0 Å². The third-order valence-corrected chi connectivity index (χ3v) is 3.95. The molecule has 1 heterocycles. The van der Waals surface area contributed by atoms with Gasteiger partial charge >= 0.3 is 6.09 Å². The number of nitrogens with one attached hydrogen (secondary N) is 1. The molecule has 0 aromatic heterocycles. The first-order chi connectivity index (χ1) is 10.6. The molecule has 0 unspecified atom stereocenters. The van der Waals surface area contributed by atoms with Crippen molar-refractivity contribution in [1.29, 1.82) is 0 Å². The minimum absolute atomic E-state index is 0.0241. The van der Waals surface area contributed by atoms with Gasteiger partial charge in [0.2, 0.25) is 0 Å². The van der Waals surface area contributed by atoms with Crippen LogP contribution >= 0.6 is 0 Å². The lowest BCUT2D eigenvalue weighted by molar-refractivity contribution is 0.0629. The highest BCUT2D eigenvalue weighted by Gasteiger charge is 2.21. The van der Waals surface area contributed by atoms with Crippen molar-refractivity contribution >= 4 is 11.8 Å². The molecule has 1 aliphatic heterocycles. The molecule has 22 heavy (non-hydrogen) atoms. The van der Waals surface area contributed by atoms with Crippen molar-refractivity contribution in [2.24, 2.45) is 0 Å². The Morgan fingerprint density at radius 1 is 1.36 bits per heavy atom. The lowest BCUT2D eigenvalue weighted by atomic mass is 10.0. The highest BCUT2D eigenvalue weighted by Crippen LogP contribution is 2.18. The maximum absolute atomic E-state index is 11.9. The summed E-state index contributed by atoms with van der Waals surface area (Å²) in [5.74, 6) is 3.12. The molecule has 1 aromatic carbocycles. The number of hydrogen-bond donors (Lipinski definition) is 1. The quantitative estimate of drug-likeness (QED) is 0.866. The Balaban J connectivity index is 1.77. The minimum Gasteiger partial charge on any atom is -0.446 e. The fraction of sp³-hybridized carbons (Fsp3) is 0.500. The number of benzene rings is 1. The van der Waals surface area contributed by atoms with E-state index in [1.165, 1.54) is 5.56 Å². The standard InChI is InChI=1S/C18H24N2O2/c1-4-11-20-12-9-17(10-13-20)22-18(21)19-16-7-5-15(6-8-16)14(2)3/h1,5-8,14,17H,9-13H2,2-3H3,(H,19,21). The molecule has 0 saturated carbocycles. The Morgan fingerprint density at radius 2 is 2.00 bits per heavy atom. The Hall–Kier alpha value is -1.99. The molecule has 0 spiro atoms. The van der Waals surface area contributed by atoms with Gasteiger partial charge in [-0.3, -0.25) is 10.2 Å². The third kappa shape index (κ3) is 4.78. The molecule has 4 nitrogen and oxygen atoms in total. The van der Waals surface area contributed by atoms with Crippen molar-refractivity contribution in [2.45, 2.75) is 38.7 Å². The van der Waals surface area contributed by atoms with E-state index in [0.29, 0.717) is 12.5 Å². The first kappa shape index (κ1) is 16.4. The van der Waals surface area contributed by atoms with E-state index < -0.39 is 0 Å². The summed E-state index contributed by atoms with van der Waals surface area (Å²) in [6.07, 6.45) is 6.57. The summed E-state index contributed by atoms with van der Waals surface area (Å²) < 4.78 is 5.47. The molecule has 1 aliphatic rings. The number of anilines is 1. The molecule has 1 N–H and O–H groups in total.